The predicted octanol–water partition coefficient (Wildman–Crippen LogP) is 3.57. The molecule has 0 saturated carbocycles. The second-order valence-corrected chi connectivity index (χ2v) is 5.38. The molecule has 1 aromatic heterocycles. The smallest absolute Gasteiger partial charge is 0.271 e. The van der Waals surface area contributed by atoms with Gasteiger partial charge in [0.2, 0.25) is 0 Å². The van der Waals surface area contributed by atoms with E-state index in [2.05, 4.69) is 15.3 Å². The Morgan fingerprint density at radius 2 is 1.78 bits per heavy atom. The molecule has 2 aromatic carbocycles. The number of fused-ring (bicyclic) bond motifs is 1. The molecule has 23 heavy (non-hydrogen) atoms. The van der Waals surface area contributed by atoms with Gasteiger partial charge in [0.1, 0.15) is 17.3 Å². The van der Waals surface area contributed by atoms with E-state index in [4.69, 9.17) is 0 Å². The zero-order chi connectivity index (χ0) is 16.4. The molecule has 1 heterocycles. The van der Waals surface area contributed by atoms with Crippen LogP contribution in [0.3, 0.4) is 0 Å². The number of hydrogen-bond donors (Lipinski definition) is 1. The lowest BCUT2D eigenvalue weighted by Crippen LogP contribution is -2.28. The van der Waals surface area contributed by atoms with Crippen LogP contribution in [0, 0.1) is 12.7 Å². The van der Waals surface area contributed by atoms with Crippen LogP contribution >= 0.6 is 0 Å². The molecule has 0 bridgehead atoms. The molecule has 116 valence electrons. The number of carbonyl (C=O) groups is 1. The number of amides is 1. The Balaban J connectivity index is 1.90. The van der Waals surface area contributed by atoms with Gasteiger partial charge in [-0.25, -0.2) is 14.4 Å². The Hall–Kier alpha value is -2.82. The minimum atomic E-state index is -0.301. The summed E-state index contributed by atoms with van der Waals surface area (Å²) in [5.41, 5.74) is 1.91. The number of benzene rings is 2. The van der Waals surface area contributed by atoms with Gasteiger partial charge in [-0.15, -0.1) is 0 Å². The van der Waals surface area contributed by atoms with Gasteiger partial charge in [0.05, 0.1) is 11.6 Å². The lowest BCUT2D eigenvalue weighted by Gasteiger charge is -2.15. The van der Waals surface area contributed by atoms with Crippen molar-refractivity contribution in [3.8, 4) is 0 Å². The third-order valence-electron chi connectivity index (χ3n) is 3.65. The summed E-state index contributed by atoms with van der Waals surface area (Å²) in [6.07, 6.45) is 0. The Morgan fingerprint density at radius 1 is 1.09 bits per heavy atom. The lowest BCUT2D eigenvalue weighted by atomic mass is 10.1. The Labute approximate surface area is 133 Å². The number of hydrogen-bond acceptors (Lipinski definition) is 3. The van der Waals surface area contributed by atoms with Gasteiger partial charge in [0, 0.05) is 5.39 Å². The van der Waals surface area contributed by atoms with Crippen LogP contribution in [0.5, 0.6) is 0 Å². The molecule has 0 spiro atoms. The molecule has 1 atom stereocenters. The Kier molecular flexibility index (Phi) is 4.02. The molecule has 1 amide bonds. The monoisotopic (exact) mass is 309 g/mol. The topological polar surface area (TPSA) is 54.9 Å². The molecule has 5 heteroatoms. The third-order valence-corrected chi connectivity index (χ3v) is 3.65. The summed E-state index contributed by atoms with van der Waals surface area (Å²) in [6.45, 7) is 3.61. The summed E-state index contributed by atoms with van der Waals surface area (Å²) >= 11 is 0. The van der Waals surface area contributed by atoms with Crippen LogP contribution < -0.4 is 5.32 Å². The van der Waals surface area contributed by atoms with E-state index in [1.54, 1.807) is 19.1 Å². The van der Waals surface area contributed by atoms with Gasteiger partial charge in [-0.05, 0) is 37.6 Å². The van der Waals surface area contributed by atoms with Crippen molar-refractivity contribution >= 4 is 16.8 Å². The maximum atomic E-state index is 13.0. The van der Waals surface area contributed by atoms with Crippen LogP contribution in [0.1, 0.15) is 34.8 Å². The maximum absolute atomic E-state index is 13.0. The minimum absolute atomic E-state index is 0.253. The van der Waals surface area contributed by atoms with E-state index < -0.39 is 0 Å². The molecule has 1 N–H and O–H groups in total. The maximum Gasteiger partial charge on any atom is 0.271 e. The molecule has 1 unspecified atom stereocenters. The fraction of sp³-hybridized carbons (Fsp3) is 0.167. The van der Waals surface area contributed by atoms with E-state index in [1.165, 1.54) is 12.1 Å². The highest BCUT2D eigenvalue weighted by Gasteiger charge is 2.16. The van der Waals surface area contributed by atoms with Crippen LogP contribution in [0.4, 0.5) is 4.39 Å². The standard InChI is InChI=1S/C18H16FN3O/c1-11(13-7-9-14(19)10-8-13)20-18(23)17-15-5-3-4-6-16(15)21-12(2)22-17/h3-11H,1-2H3,(H,20,23). The second-order valence-electron chi connectivity index (χ2n) is 5.38. The zero-order valence-corrected chi connectivity index (χ0v) is 12.9. The van der Waals surface area contributed by atoms with Crippen LogP contribution in [0.25, 0.3) is 10.9 Å². The van der Waals surface area contributed by atoms with E-state index in [0.717, 1.165) is 11.1 Å². The highest BCUT2D eigenvalue weighted by atomic mass is 19.1. The number of nitrogens with one attached hydrogen (secondary N) is 1. The van der Waals surface area contributed by atoms with Crippen molar-refractivity contribution in [2.45, 2.75) is 19.9 Å². The van der Waals surface area contributed by atoms with Gasteiger partial charge in [-0.3, -0.25) is 4.79 Å². The van der Waals surface area contributed by atoms with Crippen LogP contribution in [0.2, 0.25) is 0 Å². The summed E-state index contributed by atoms with van der Waals surface area (Å²) < 4.78 is 13.0. The first kappa shape index (κ1) is 15.1. The number of para-hydroxylation sites is 1. The van der Waals surface area contributed by atoms with E-state index in [-0.39, 0.29) is 17.8 Å². The molecular formula is C18H16FN3O. The van der Waals surface area contributed by atoms with Crippen molar-refractivity contribution in [3.05, 3.63) is 71.4 Å². The van der Waals surface area contributed by atoms with Gasteiger partial charge in [0.25, 0.3) is 5.91 Å². The average Bonchev–Trinajstić information content (AvgIpc) is 2.54. The number of rotatable bonds is 3. The van der Waals surface area contributed by atoms with Gasteiger partial charge in [0.15, 0.2) is 0 Å². The van der Waals surface area contributed by atoms with Crippen LogP contribution in [-0.4, -0.2) is 15.9 Å². The Bertz CT molecular complexity index is 862. The summed E-state index contributed by atoms with van der Waals surface area (Å²) in [4.78, 5) is 21.2. The first-order chi connectivity index (χ1) is 11.0. The molecule has 0 aliphatic rings. The van der Waals surface area contributed by atoms with Crippen molar-refractivity contribution in [1.82, 2.24) is 15.3 Å². The minimum Gasteiger partial charge on any atom is -0.344 e. The van der Waals surface area contributed by atoms with Crippen molar-refractivity contribution < 1.29 is 9.18 Å². The van der Waals surface area contributed by atoms with Gasteiger partial charge in [-0.2, -0.15) is 0 Å². The van der Waals surface area contributed by atoms with Crippen LogP contribution in [-0.2, 0) is 0 Å². The van der Waals surface area contributed by atoms with Crippen molar-refractivity contribution in [1.29, 1.82) is 0 Å². The summed E-state index contributed by atoms with van der Waals surface area (Å²) in [6, 6.07) is 13.2. The summed E-state index contributed by atoms with van der Waals surface area (Å²) in [5.74, 6) is -0.0310. The van der Waals surface area contributed by atoms with Gasteiger partial charge in [-0.1, -0.05) is 30.3 Å². The van der Waals surface area contributed by atoms with E-state index in [9.17, 15) is 9.18 Å². The van der Waals surface area contributed by atoms with E-state index in [1.807, 2.05) is 31.2 Å². The Morgan fingerprint density at radius 3 is 2.52 bits per heavy atom. The van der Waals surface area contributed by atoms with Gasteiger partial charge >= 0.3 is 0 Å². The first-order valence-corrected chi connectivity index (χ1v) is 7.34. The molecule has 3 aromatic rings. The molecule has 0 aliphatic carbocycles. The summed E-state index contributed by atoms with van der Waals surface area (Å²) in [7, 11) is 0. The van der Waals surface area contributed by atoms with Crippen molar-refractivity contribution in [2.75, 3.05) is 0 Å². The largest absolute Gasteiger partial charge is 0.344 e. The fourth-order valence-corrected chi connectivity index (χ4v) is 2.47. The van der Waals surface area contributed by atoms with Gasteiger partial charge < -0.3 is 5.32 Å². The number of nitrogens with zero attached hydrogens (tertiary/aromatic N) is 2. The number of aromatic nitrogens is 2. The quantitative estimate of drug-likeness (QED) is 0.804. The summed E-state index contributed by atoms with van der Waals surface area (Å²) in [5, 5.41) is 3.61. The molecule has 4 nitrogen and oxygen atoms in total. The first-order valence-electron chi connectivity index (χ1n) is 7.34. The number of aryl methyl sites for hydroxylation is 1. The fourth-order valence-electron chi connectivity index (χ4n) is 2.47. The number of halogens is 1. The van der Waals surface area contributed by atoms with Crippen molar-refractivity contribution in [2.24, 2.45) is 0 Å². The van der Waals surface area contributed by atoms with Crippen molar-refractivity contribution in [3.63, 3.8) is 0 Å². The van der Waals surface area contributed by atoms with E-state index >= 15 is 0 Å². The molecule has 0 radical (unpaired) electrons. The third kappa shape index (κ3) is 3.18. The van der Waals surface area contributed by atoms with E-state index in [0.29, 0.717) is 16.9 Å². The number of carbonyl (C=O) groups excluding carboxylic acids is 1. The highest BCUT2D eigenvalue weighted by Crippen LogP contribution is 2.18. The normalized spacial score (nSPS) is 12.1. The predicted molar refractivity (Wildman–Crippen MR) is 86.6 cm³/mol. The SMILES string of the molecule is Cc1nc(C(=O)NC(C)c2ccc(F)cc2)c2ccccc2n1. The molecule has 0 fully saturated rings. The molecule has 0 saturated heterocycles. The zero-order valence-electron chi connectivity index (χ0n) is 12.9. The molecule has 0 aliphatic heterocycles. The highest BCUT2D eigenvalue weighted by molar-refractivity contribution is 6.04. The second kappa shape index (κ2) is 6.12. The molecule has 3 rings (SSSR count). The average molecular weight is 309 g/mol. The molecular weight excluding hydrogens is 293 g/mol. The lowest BCUT2D eigenvalue weighted by molar-refractivity contribution is 0.0936. The van der Waals surface area contributed by atoms with Crippen LogP contribution in [0.15, 0.2) is 48.5 Å².